The van der Waals surface area contributed by atoms with E-state index in [2.05, 4.69) is 10.1 Å². The molecule has 0 aromatic carbocycles. The number of nitrogens with two attached hydrogens (primary N) is 1. The predicted octanol–water partition coefficient (Wildman–Crippen LogP) is 0.293. The number of nitrogens with zero attached hydrogens (tertiary/aromatic N) is 4. The Morgan fingerprint density at radius 3 is 3.05 bits per heavy atom. The van der Waals surface area contributed by atoms with Gasteiger partial charge in [0.25, 0.3) is 0 Å². The van der Waals surface area contributed by atoms with Crippen LogP contribution in [0.3, 0.4) is 0 Å². The number of pyridine rings is 1. The van der Waals surface area contributed by atoms with Gasteiger partial charge in [0, 0.05) is 37.5 Å². The monoisotopic (exact) mass is 295 g/mol. The zero-order chi connectivity index (χ0) is 15.4. The van der Waals surface area contributed by atoms with Gasteiger partial charge in [-0.3, -0.25) is 10.1 Å². The highest BCUT2D eigenvalue weighted by atomic mass is 16.6. The summed E-state index contributed by atoms with van der Waals surface area (Å²) in [5.41, 5.74) is 5.44. The highest BCUT2D eigenvalue weighted by Gasteiger charge is 2.29. The van der Waals surface area contributed by atoms with Crippen LogP contribution in [0.2, 0.25) is 0 Å². The van der Waals surface area contributed by atoms with E-state index in [0.29, 0.717) is 25.4 Å². The molecule has 0 saturated carbocycles. The molecular formula is C12H17N5O4. The molecule has 1 unspecified atom stereocenters. The van der Waals surface area contributed by atoms with Crippen molar-refractivity contribution in [3.05, 3.63) is 27.9 Å². The summed E-state index contributed by atoms with van der Waals surface area (Å²) in [7, 11) is 0. The van der Waals surface area contributed by atoms with Crippen molar-refractivity contribution in [3.63, 3.8) is 0 Å². The first-order chi connectivity index (χ1) is 10.1. The molecule has 1 fully saturated rings. The molecule has 0 amide bonds. The molecule has 114 valence electrons. The summed E-state index contributed by atoms with van der Waals surface area (Å²) in [5.74, 6) is 0.354. The Morgan fingerprint density at radius 2 is 2.43 bits per heavy atom. The van der Waals surface area contributed by atoms with Crippen LogP contribution < -0.4 is 10.6 Å². The van der Waals surface area contributed by atoms with Crippen molar-refractivity contribution in [1.29, 1.82) is 0 Å². The van der Waals surface area contributed by atoms with Gasteiger partial charge < -0.3 is 20.9 Å². The highest BCUT2D eigenvalue weighted by molar-refractivity contribution is 5.97. The second-order valence-electron chi connectivity index (χ2n) is 4.92. The van der Waals surface area contributed by atoms with Crippen LogP contribution in [-0.2, 0) is 0 Å². The molecule has 4 N–H and O–H groups in total. The topological polar surface area (TPSA) is 138 Å². The Kier molecular flexibility index (Phi) is 4.53. The number of hydrogen-bond acceptors (Lipinski definition) is 7. The minimum atomic E-state index is -0.532. The molecule has 1 aliphatic rings. The summed E-state index contributed by atoms with van der Waals surface area (Å²) >= 11 is 0. The summed E-state index contributed by atoms with van der Waals surface area (Å²) < 4.78 is 0. The number of rotatable bonds is 5. The van der Waals surface area contributed by atoms with E-state index in [9.17, 15) is 10.1 Å². The van der Waals surface area contributed by atoms with Gasteiger partial charge >= 0.3 is 5.69 Å². The lowest BCUT2D eigenvalue weighted by Gasteiger charge is -2.17. The zero-order valence-corrected chi connectivity index (χ0v) is 11.3. The maximum absolute atomic E-state index is 11.2. The third kappa shape index (κ3) is 3.19. The van der Waals surface area contributed by atoms with Crippen molar-refractivity contribution in [2.45, 2.75) is 12.8 Å². The van der Waals surface area contributed by atoms with Crippen molar-refractivity contribution >= 4 is 17.3 Å². The third-order valence-electron chi connectivity index (χ3n) is 3.57. The van der Waals surface area contributed by atoms with E-state index in [1.54, 1.807) is 0 Å². The lowest BCUT2D eigenvalue weighted by molar-refractivity contribution is -0.384. The largest absolute Gasteiger partial charge is 0.409 e. The van der Waals surface area contributed by atoms with Gasteiger partial charge in [0.05, 0.1) is 4.92 Å². The normalized spacial score (nSPS) is 19.0. The van der Waals surface area contributed by atoms with Crippen LogP contribution in [0.4, 0.5) is 11.5 Å². The zero-order valence-electron chi connectivity index (χ0n) is 11.3. The van der Waals surface area contributed by atoms with Gasteiger partial charge in [-0.05, 0) is 18.8 Å². The number of nitro groups is 1. The SMILES string of the molecule is NC(=NO)c1cnc(N2CCC(CCO)C2)c([N+](=O)[O-])c1. The molecule has 1 atom stereocenters. The van der Waals surface area contributed by atoms with Gasteiger partial charge in [-0.2, -0.15) is 0 Å². The first-order valence-electron chi connectivity index (χ1n) is 6.55. The van der Waals surface area contributed by atoms with Crippen molar-refractivity contribution in [2.75, 3.05) is 24.6 Å². The third-order valence-corrected chi connectivity index (χ3v) is 3.57. The van der Waals surface area contributed by atoms with E-state index >= 15 is 0 Å². The number of aromatic nitrogens is 1. The fourth-order valence-electron chi connectivity index (χ4n) is 2.46. The summed E-state index contributed by atoms with van der Waals surface area (Å²) in [6.45, 7) is 1.38. The van der Waals surface area contributed by atoms with Crippen molar-refractivity contribution < 1.29 is 15.2 Å². The predicted molar refractivity (Wildman–Crippen MR) is 75.4 cm³/mol. The van der Waals surface area contributed by atoms with Crippen LogP contribution in [0.5, 0.6) is 0 Å². The van der Waals surface area contributed by atoms with Crippen molar-refractivity contribution in [2.24, 2.45) is 16.8 Å². The van der Waals surface area contributed by atoms with Gasteiger partial charge in [0.2, 0.25) is 5.82 Å². The van der Waals surface area contributed by atoms with Crippen LogP contribution in [0.25, 0.3) is 0 Å². The maximum atomic E-state index is 11.2. The van der Waals surface area contributed by atoms with Crippen molar-refractivity contribution in [1.82, 2.24) is 4.98 Å². The lowest BCUT2D eigenvalue weighted by atomic mass is 10.1. The van der Waals surface area contributed by atoms with Crippen LogP contribution in [0.15, 0.2) is 17.4 Å². The van der Waals surface area contributed by atoms with Crippen LogP contribution in [-0.4, -0.2) is 45.8 Å². The Morgan fingerprint density at radius 1 is 1.67 bits per heavy atom. The lowest BCUT2D eigenvalue weighted by Crippen LogP contribution is -2.23. The van der Waals surface area contributed by atoms with E-state index in [-0.39, 0.29) is 29.5 Å². The molecule has 9 nitrogen and oxygen atoms in total. The molecular weight excluding hydrogens is 278 g/mol. The average Bonchev–Trinajstić information content (AvgIpc) is 2.94. The molecule has 2 heterocycles. The molecule has 0 aliphatic carbocycles. The Labute approximate surface area is 120 Å². The van der Waals surface area contributed by atoms with Gasteiger partial charge in [0.15, 0.2) is 5.84 Å². The summed E-state index contributed by atoms with van der Waals surface area (Å²) in [6.07, 6.45) is 2.88. The second-order valence-corrected chi connectivity index (χ2v) is 4.92. The molecule has 1 saturated heterocycles. The molecule has 9 heteroatoms. The van der Waals surface area contributed by atoms with Gasteiger partial charge in [0.1, 0.15) is 0 Å². The maximum Gasteiger partial charge on any atom is 0.312 e. The van der Waals surface area contributed by atoms with Gasteiger partial charge in [-0.15, -0.1) is 0 Å². The molecule has 1 aromatic heterocycles. The van der Waals surface area contributed by atoms with E-state index < -0.39 is 4.92 Å². The fraction of sp³-hybridized carbons (Fsp3) is 0.500. The van der Waals surface area contributed by atoms with Crippen LogP contribution in [0.1, 0.15) is 18.4 Å². The van der Waals surface area contributed by atoms with E-state index in [0.717, 1.165) is 6.42 Å². The molecule has 2 rings (SSSR count). The second kappa shape index (κ2) is 6.35. The van der Waals surface area contributed by atoms with Gasteiger partial charge in [-0.25, -0.2) is 4.98 Å². The molecule has 0 radical (unpaired) electrons. The number of aliphatic hydroxyl groups excluding tert-OH is 1. The molecule has 0 spiro atoms. The summed E-state index contributed by atoms with van der Waals surface area (Å²) in [4.78, 5) is 16.6. The van der Waals surface area contributed by atoms with E-state index in [4.69, 9.17) is 16.0 Å². The quantitative estimate of drug-likeness (QED) is 0.233. The molecule has 1 aromatic rings. The van der Waals surface area contributed by atoms with Crippen LogP contribution in [0, 0.1) is 16.0 Å². The number of amidine groups is 1. The Balaban J connectivity index is 2.30. The fourth-order valence-corrected chi connectivity index (χ4v) is 2.46. The first kappa shape index (κ1) is 15.0. The molecule has 0 bridgehead atoms. The minimum absolute atomic E-state index is 0.108. The summed E-state index contributed by atoms with van der Waals surface area (Å²) in [5, 5.41) is 31.6. The number of hydrogen-bond donors (Lipinski definition) is 3. The van der Waals surface area contributed by atoms with E-state index in [1.165, 1.54) is 12.3 Å². The Hall–Kier alpha value is -2.42. The first-order valence-corrected chi connectivity index (χ1v) is 6.55. The standard InChI is InChI=1S/C12H17N5O4/c13-11(15-19)9-5-10(17(20)21)12(14-6-9)16-3-1-8(7-16)2-4-18/h5-6,8,18-19H,1-4,7H2,(H2,13,15). The number of aliphatic hydroxyl groups is 1. The van der Waals surface area contributed by atoms with Gasteiger partial charge in [-0.1, -0.05) is 5.16 Å². The number of anilines is 1. The van der Waals surface area contributed by atoms with Crippen molar-refractivity contribution in [3.8, 4) is 0 Å². The molecule has 1 aliphatic heterocycles. The van der Waals surface area contributed by atoms with E-state index in [1.807, 2.05) is 4.90 Å². The minimum Gasteiger partial charge on any atom is -0.409 e. The van der Waals surface area contributed by atoms with Crippen LogP contribution >= 0.6 is 0 Å². The Bertz CT molecular complexity index is 563. The smallest absolute Gasteiger partial charge is 0.312 e. The molecule has 21 heavy (non-hydrogen) atoms. The summed E-state index contributed by atoms with van der Waals surface area (Å²) in [6, 6.07) is 1.25. The highest BCUT2D eigenvalue weighted by Crippen LogP contribution is 2.31. The average molecular weight is 295 g/mol. The number of oxime groups is 1.